The van der Waals surface area contributed by atoms with Crippen LogP contribution in [-0.2, 0) is 14.2 Å². The molecule has 3 unspecified atom stereocenters. The van der Waals surface area contributed by atoms with Gasteiger partial charge in [0.25, 0.3) is 0 Å². The average Bonchev–Trinajstić information content (AvgIpc) is 3.38. The lowest BCUT2D eigenvalue weighted by Gasteiger charge is -2.32. The molecule has 1 aromatic rings. The molecule has 2 fully saturated rings. The van der Waals surface area contributed by atoms with Gasteiger partial charge in [-0.3, -0.25) is 4.99 Å². The zero-order valence-corrected chi connectivity index (χ0v) is 14.9. The number of rotatable bonds is 4. The Balaban J connectivity index is 1.40. The van der Waals surface area contributed by atoms with Crippen LogP contribution in [0.1, 0.15) is 11.9 Å². The van der Waals surface area contributed by atoms with Crippen LogP contribution in [0, 0.1) is 0 Å². The highest BCUT2D eigenvalue weighted by atomic mass is 16.8. The average molecular weight is 370 g/mol. The maximum Gasteiger partial charge on any atom is 0.185 e. The topological polar surface area (TPSA) is 106 Å². The Bertz CT molecular complexity index is 785. The van der Waals surface area contributed by atoms with Gasteiger partial charge >= 0.3 is 0 Å². The molecule has 0 aliphatic carbocycles. The van der Waals surface area contributed by atoms with Crippen LogP contribution in [0.25, 0.3) is 0 Å². The molecule has 0 aromatic heterocycles. The van der Waals surface area contributed by atoms with Crippen LogP contribution >= 0.6 is 0 Å². The largest absolute Gasteiger partial charge is 0.385 e. The maximum absolute atomic E-state index is 6.29. The maximum atomic E-state index is 6.29. The smallest absolute Gasteiger partial charge is 0.185 e. The van der Waals surface area contributed by atoms with Crippen molar-refractivity contribution >= 4 is 18.5 Å². The van der Waals surface area contributed by atoms with Gasteiger partial charge in [0.1, 0.15) is 36.5 Å². The van der Waals surface area contributed by atoms with E-state index in [2.05, 4.69) is 20.3 Å². The number of ether oxygens (including phenoxy) is 3. The second kappa shape index (κ2) is 6.68. The zero-order chi connectivity index (χ0) is 18.4. The molecule has 0 spiro atoms. The Kier molecular flexibility index (Phi) is 4.16. The predicted molar refractivity (Wildman–Crippen MR) is 99.5 cm³/mol. The number of hydrogen-bond donors (Lipinski definition) is 2. The van der Waals surface area contributed by atoms with Crippen molar-refractivity contribution in [2.24, 2.45) is 20.7 Å². The summed E-state index contributed by atoms with van der Waals surface area (Å²) in [6.07, 6.45) is 1.61. The van der Waals surface area contributed by atoms with Crippen LogP contribution in [0.3, 0.4) is 0 Å². The summed E-state index contributed by atoms with van der Waals surface area (Å²) < 4.78 is 18.8. The molecule has 7 atom stereocenters. The highest BCUT2D eigenvalue weighted by Crippen LogP contribution is 2.42. The lowest BCUT2D eigenvalue weighted by atomic mass is 10.1. The fourth-order valence-corrected chi connectivity index (χ4v) is 4.01. The summed E-state index contributed by atoms with van der Waals surface area (Å²) in [5.41, 5.74) is 6.97. The molecule has 27 heavy (non-hydrogen) atoms. The van der Waals surface area contributed by atoms with Crippen molar-refractivity contribution in [3.63, 3.8) is 0 Å². The number of likely N-dealkylation sites (N-methyl/N-ethyl adjacent to an activating group) is 1. The molecular formula is C18H22N6O3. The lowest BCUT2D eigenvalue weighted by Crippen LogP contribution is -2.51. The number of nitrogens with two attached hydrogens (primary N) is 1. The minimum absolute atomic E-state index is 0.134. The van der Waals surface area contributed by atoms with Crippen molar-refractivity contribution in [1.29, 1.82) is 0 Å². The van der Waals surface area contributed by atoms with Crippen molar-refractivity contribution in [1.82, 2.24) is 10.2 Å². The molecule has 142 valence electrons. The van der Waals surface area contributed by atoms with Gasteiger partial charge in [0, 0.05) is 12.1 Å². The number of fused-ring (bicyclic) bond motifs is 2. The van der Waals surface area contributed by atoms with Crippen molar-refractivity contribution in [3.05, 3.63) is 35.9 Å². The molecule has 4 aliphatic heterocycles. The van der Waals surface area contributed by atoms with E-state index in [0.717, 1.165) is 5.56 Å². The van der Waals surface area contributed by atoms with Crippen molar-refractivity contribution in [2.75, 3.05) is 13.6 Å². The number of benzene rings is 1. The Hall–Kier alpha value is -2.33. The van der Waals surface area contributed by atoms with Gasteiger partial charge in [0.05, 0.1) is 6.34 Å². The van der Waals surface area contributed by atoms with Crippen molar-refractivity contribution < 1.29 is 14.2 Å². The van der Waals surface area contributed by atoms with E-state index in [1.165, 1.54) is 6.34 Å². The summed E-state index contributed by atoms with van der Waals surface area (Å²) in [7, 11) is 1.89. The summed E-state index contributed by atoms with van der Waals surface area (Å²) >= 11 is 0. The first kappa shape index (κ1) is 16.8. The van der Waals surface area contributed by atoms with E-state index in [1.54, 1.807) is 6.34 Å². The van der Waals surface area contributed by atoms with Gasteiger partial charge in [-0.05, 0) is 7.05 Å². The summed E-state index contributed by atoms with van der Waals surface area (Å²) in [4.78, 5) is 14.9. The molecule has 0 amide bonds. The molecule has 9 nitrogen and oxygen atoms in total. The molecule has 4 aliphatic rings. The van der Waals surface area contributed by atoms with Crippen molar-refractivity contribution in [3.8, 4) is 0 Å². The Morgan fingerprint density at radius 1 is 1.11 bits per heavy atom. The molecule has 9 heteroatoms. The molecular weight excluding hydrogens is 348 g/mol. The van der Waals surface area contributed by atoms with Crippen molar-refractivity contribution in [2.45, 2.75) is 43.0 Å². The number of amidine groups is 1. The van der Waals surface area contributed by atoms with Gasteiger partial charge < -0.3 is 30.2 Å². The Labute approximate surface area is 156 Å². The molecule has 2 saturated heterocycles. The number of aliphatic imine (C=N–C) groups is 3. The van der Waals surface area contributed by atoms with Gasteiger partial charge in [-0.15, -0.1) is 0 Å². The zero-order valence-electron chi connectivity index (χ0n) is 14.9. The highest BCUT2D eigenvalue weighted by molar-refractivity contribution is 5.96. The highest BCUT2D eigenvalue weighted by Gasteiger charge is 2.56. The van der Waals surface area contributed by atoms with Crippen LogP contribution in [0.4, 0.5) is 0 Å². The summed E-state index contributed by atoms with van der Waals surface area (Å²) in [5.74, 6) is 0.459. The van der Waals surface area contributed by atoms with Gasteiger partial charge in [0.15, 0.2) is 18.7 Å². The minimum Gasteiger partial charge on any atom is -0.385 e. The number of nitrogens with one attached hydrogen (secondary N) is 1. The van der Waals surface area contributed by atoms with Gasteiger partial charge in [0.2, 0.25) is 0 Å². The minimum atomic E-state index is -0.413. The third-order valence-electron chi connectivity index (χ3n) is 5.30. The normalized spacial score (nSPS) is 39.5. The van der Waals surface area contributed by atoms with E-state index in [4.69, 9.17) is 19.9 Å². The molecule has 1 aromatic carbocycles. The van der Waals surface area contributed by atoms with Gasteiger partial charge in [-0.2, -0.15) is 0 Å². The number of hydrogen-bond acceptors (Lipinski definition) is 9. The SMILES string of the molecule is CNC[C@H]1O[C@@H](N2C=NC3C(N)=NC=NC32)[C@@H]2OC(c3ccccc3)O[C@@H]21. The fraction of sp³-hybridized carbons (Fsp3) is 0.500. The summed E-state index contributed by atoms with van der Waals surface area (Å²) in [5, 5.41) is 3.17. The Morgan fingerprint density at radius 3 is 2.74 bits per heavy atom. The van der Waals surface area contributed by atoms with Crippen LogP contribution in [0.2, 0.25) is 0 Å². The van der Waals surface area contributed by atoms with E-state index >= 15 is 0 Å². The molecule has 5 rings (SSSR count). The molecule has 0 bridgehead atoms. The fourth-order valence-electron chi connectivity index (χ4n) is 4.01. The van der Waals surface area contributed by atoms with Gasteiger partial charge in [-0.1, -0.05) is 30.3 Å². The standard InChI is InChI=1S/C18H22N6O3/c1-20-7-11-13-14(27-18(26-13)10-5-3-2-4-6-10)17(25-11)24-9-23-12-15(19)21-8-22-16(12)24/h2-6,8-9,11-14,16-18,20H,7H2,1H3,(H2,19,21,22)/t11-,12?,13-,14-,16?,17-,18?/m1/s1. The van der Waals surface area contributed by atoms with Crippen LogP contribution in [0.15, 0.2) is 45.3 Å². The second-order valence-electron chi connectivity index (χ2n) is 6.96. The van der Waals surface area contributed by atoms with Crippen LogP contribution < -0.4 is 11.1 Å². The molecule has 4 heterocycles. The monoisotopic (exact) mass is 370 g/mol. The predicted octanol–water partition coefficient (Wildman–Crippen LogP) is -0.149. The molecule has 0 saturated carbocycles. The third-order valence-corrected chi connectivity index (χ3v) is 5.30. The first-order chi connectivity index (χ1) is 13.3. The summed E-state index contributed by atoms with van der Waals surface area (Å²) in [6.45, 7) is 0.661. The Morgan fingerprint density at radius 2 is 1.93 bits per heavy atom. The third kappa shape index (κ3) is 2.74. The van der Waals surface area contributed by atoms with Gasteiger partial charge in [-0.25, -0.2) is 9.98 Å². The summed E-state index contributed by atoms with van der Waals surface area (Å²) in [6, 6.07) is 9.66. The van der Waals surface area contributed by atoms with E-state index in [-0.39, 0.29) is 36.7 Å². The first-order valence-electron chi connectivity index (χ1n) is 9.08. The van der Waals surface area contributed by atoms with Crippen LogP contribution in [-0.4, -0.2) is 73.8 Å². The first-order valence-corrected chi connectivity index (χ1v) is 9.08. The number of nitrogens with zero attached hydrogens (tertiary/aromatic N) is 4. The van der Waals surface area contributed by atoms with E-state index in [1.807, 2.05) is 42.3 Å². The second-order valence-corrected chi connectivity index (χ2v) is 6.96. The van der Waals surface area contributed by atoms with Crippen LogP contribution in [0.5, 0.6) is 0 Å². The van der Waals surface area contributed by atoms with E-state index in [0.29, 0.717) is 12.4 Å². The molecule has 0 radical (unpaired) electrons. The van der Waals surface area contributed by atoms with E-state index in [9.17, 15) is 0 Å². The lowest BCUT2D eigenvalue weighted by molar-refractivity contribution is -0.155. The molecule has 3 N–H and O–H groups in total. The quantitative estimate of drug-likeness (QED) is 0.764. The van der Waals surface area contributed by atoms with E-state index < -0.39 is 6.29 Å².